The lowest BCUT2D eigenvalue weighted by Gasteiger charge is -2.35. The van der Waals surface area contributed by atoms with Gasteiger partial charge in [0.05, 0.1) is 23.5 Å². The van der Waals surface area contributed by atoms with Crippen LogP contribution in [0.25, 0.3) is 0 Å². The van der Waals surface area contributed by atoms with Gasteiger partial charge in [-0.3, -0.25) is 0 Å². The van der Waals surface area contributed by atoms with Gasteiger partial charge in [-0.1, -0.05) is 6.92 Å². The highest BCUT2D eigenvalue weighted by Crippen LogP contribution is 2.26. The van der Waals surface area contributed by atoms with Gasteiger partial charge in [-0.15, -0.1) is 0 Å². The zero-order valence-corrected chi connectivity index (χ0v) is 13.5. The minimum absolute atomic E-state index is 0.339. The normalized spacial score (nSPS) is 21.7. The predicted molar refractivity (Wildman–Crippen MR) is 70.3 cm³/mol. The van der Waals surface area contributed by atoms with Crippen molar-refractivity contribution in [2.75, 3.05) is 34.0 Å². The zero-order chi connectivity index (χ0) is 12.7. The summed E-state index contributed by atoms with van der Waals surface area (Å²) in [5.41, 5.74) is -0.339. The summed E-state index contributed by atoms with van der Waals surface area (Å²) in [6.07, 6.45) is 3.60. The average molecular weight is 262 g/mol. The summed E-state index contributed by atoms with van der Waals surface area (Å²) in [4.78, 5) is 0. The molecule has 1 saturated heterocycles. The summed E-state index contributed by atoms with van der Waals surface area (Å²) < 4.78 is 21.7. The van der Waals surface area contributed by atoms with Crippen LogP contribution in [0.3, 0.4) is 0 Å². The molecule has 4 nitrogen and oxygen atoms in total. The van der Waals surface area contributed by atoms with E-state index in [1.54, 1.807) is 14.2 Å². The highest BCUT2D eigenvalue weighted by molar-refractivity contribution is 6.13. The maximum atomic E-state index is 5.54. The molecule has 0 aliphatic carbocycles. The van der Waals surface area contributed by atoms with Gasteiger partial charge in [0.2, 0.25) is 0 Å². The number of ether oxygens (including phenoxy) is 4. The Morgan fingerprint density at radius 1 is 1.41 bits per heavy atom. The molecule has 0 aromatic rings. The molecule has 2 atom stereocenters. The fourth-order valence-corrected chi connectivity index (χ4v) is 2.76. The maximum Gasteiger partial charge on any atom is 0.143 e. The Labute approximate surface area is 107 Å². The molecule has 1 fully saturated rings. The van der Waals surface area contributed by atoms with Crippen molar-refractivity contribution in [3.63, 3.8) is 0 Å². The van der Waals surface area contributed by atoms with Crippen LogP contribution in [0.2, 0.25) is 0 Å². The van der Waals surface area contributed by atoms with Gasteiger partial charge in [0.15, 0.2) is 0 Å². The van der Waals surface area contributed by atoms with E-state index in [0.29, 0.717) is 12.0 Å². The lowest BCUT2D eigenvalue weighted by molar-refractivity contribution is -0.179. The van der Waals surface area contributed by atoms with Crippen LogP contribution in [0.1, 0.15) is 26.2 Å². The minimum Gasteiger partial charge on any atom is -0.379 e. The first-order chi connectivity index (χ1) is 8.16. The molecule has 1 heterocycles. The van der Waals surface area contributed by atoms with Crippen LogP contribution in [0.4, 0.5) is 0 Å². The molecule has 0 bridgehead atoms. The van der Waals surface area contributed by atoms with Crippen LogP contribution in [0.15, 0.2) is 0 Å². The van der Waals surface area contributed by atoms with Crippen molar-refractivity contribution in [2.24, 2.45) is 5.92 Å². The van der Waals surface area contributed by atoms with Gasteiger partial charge in [-0.25, -0.2) is 0 Å². The van der Waals surface area contributed by atoms with Crippen LogP contribution in [0.5, 0.6) is 0 Å². The molecule has 0 aromatic heterocycles. The highest BCUT2D eigenvalue weighted by atomic mass is 28.1. The molecular formula is C12H26O4Si. The van der Waals surface area contributed by atoms with Crippen molar-refractivity contribution in [3.8, 4) is 0 Å². The quantitative estimate of drug-likeness (QED) is 0.249. The number of methoxy groups -OCH3 is 2. The summed E-state index contributed by atoms with van der Waals surface area (Å²) in [5, 5.41) is 0. The molecule has 5 heteroatoms. The zero-order valence-electron chi connectivity index (χ0n) is 11.5. The first kappa shape index (κ1) is 15.1. The third-order valence-corrected chi connectivity index (χ3v) is 5.23. The van der Waals surface area contributed by atoms with E-state index in [1.807, 2.05) is 0 Å². The van der Waals surface area contributed by atoms with Gasteiger partial charge < -0.3 is 18.9 Å². The van der Waals surface area contributed by atoms with Crippen LogP contribution < -0.4 is 0 Å². The molecule has 0 N–H and O–H groups in total. The molecule has 0 aromatic carbocycles. The summed E-state index contributed by atoms with van der Waals surface area (Å²) in [6.45, 7) is 4.61. The minimum atomic E-state index is -0.339. The van der Waals surface area contributed by atoms with Crippen LogP contribution >= 0.6 is 0 Å². The van der Waals surface area contributed by atoms with Gasteiger partial charge in [-0.2, -0.15) is 0 Å². The van der Waals surface area contributed by atoms with Crippen molar-refractivity contribution in [1.29, 1.82) is 0 Å². The Kier molecular flexibility index (Phi) is 6.65. The molecule has 1 rings (SSSR count). The van der Waals surface area contributed by atoms with E-state index in [9.17, 15) is 0 Å². The molecular weight excluding hydrogens is 236 g/mol. The van der Waals surface area contributed by atoms with E-state index in [1.165, 1.54) is 0 Å². The van der Waals surface area contributed by atoms with E-state index in [-0.39, 0.29) is 5.41 Å². The van der Waals surface area contributed by atoms with Crippen LogP contribution in [-0.4, -0.2) is 55.8 Å². The van der Waals surface area contributed by atoms with E-state index in [4.69, 9.17) is 18.9 Å². The van der Waals surface area contributed by atoms with Crippen molar-refractivity contribution < 1.29 is 18.9 Å². The van der Waals surface area contributed by atoms with Crippen LogP contribution in [0, 0.1) is 5.92 Å². The predicted octanol–water partition coefficient (Wildman–Crippen LogP) is 0.520. The first-order valence-electron chi connectivity index (χ1n) is 6.46. The molecule has 2 unspecified atom stereocenters. The van der Waals surface area contributed by atoms with E-state index in [2.05, 4.69) is 6.92 Å². The standard InChI is InChI=1S/C12H26O4Si/c1-4-10(12(17,13-2)14-3)6-5-7-15-8-11-9-16-11/h10-11H,4-9H2,1-3,17H3. The molecule has 0 amide bonds. The second kappa shape index (κ2) is 7.48. The van der Waals surface area contributed by atoms with E-state index < -0.39 is 0 Å². The Hall–Kier alpha value is 0.0569. The SMILES string of the molecule is CCC(CCCOCC1CO1)C([SiH3])(OC)OC. The number of hydrogen-bond acceptors (Lipinski definition) is 4. The topological polar surface area (TPSA) is 40.2 Å². The van der Waals surface area contributed by atoms with Gasteiger partial charge in [0.1, 0.15) is 11.5 Å². The Morgan fingerprint density at radius 3 is 2.53 bits per heavy atom. The van der Waals surface area contributed by atoms with Crippen LogP contribution in [-0.2, 0) is 18.9 Å². The van der Waals surface area contributed by atoms with Crippen molar-refractivity contribution in [2.45, 2.75) is 37.7 Å². The lowest BCUT2D eigenvalue weighted by Crippen LogP contribution is -2.42. The summed E-state index contributed by atoms with van der Waals surface area (Å²) in [6, 6.07) is 0. The van der Waals surface area contributed by atoms with Crippen molar-refractivity contribution in [3.05, 3.63) is 0 Å². The Morgan fingerprint density at radius 2 is 2.06 bits per heavy atom. The lowest BCUT2D eigenvalue weighted by atomic mass is 9.99. The Bertz CT molecular complexity index is 205. The smallest absolute Gasteiger partial charge is 0.143 e. The first-order valence-corrected chi connectivity index (χ1v) is 7.46. The molecule has 0 saturated carbocycles. The maximum absolute atomic E-state index is 5.54. The highest BCUT2D eigenvalue weighted by Gasteiger charge is 2.32. The van der Waals surface area contributed by atoms with E-state index >= 15 is 0 Å². The molecule has 1 aliphatic heterocycles. The third kappa shape index (κ3) is 5.05. The summed E-state index contributed by atoms with van der Waals surface area (Å²) in [5.74, 6) is 0.463. The number of hydrogen-bond donors (Lipinski definition) is 0. The molecule has 1 aliphatic rings. The largest absolute Gasteiger partial charge is 0.379 e. The summed E-state index contributed by atoms with van der Waals surface area (Å²) in [7, 11) is 4.36. The molecule has 0 radical (unpaired) electrons. The molecule has 0 spiro atoms. The fourth-order valence-electron chi connectivity index (χ4n) is 2.06. The van der Waals surface area contributed by atoms with Gasteiger partial charge in [0.25, 0.3) is 0 Å². The number of rotatable bonds is 10. The fraction of sp³-hybridized carbons (Fsp3) is 1.00. The summed E-state index contributed by atoms with van der Waals surface area (Å²) >= 11 is 0. The van der Waals surface area contributed by atoms with Crippen molar-refractivity contribution in [1.82, 2.24) is 0 Å². The van der Waals surface area contributed by atoms with Gasteiger partial charge in [0, 0.05) is 26.7 Å². The van der Waals surface area contributed by atoms with Gasteiger partial charge in [-0.05, 0) is 19.3 Å². The Balaban J connectivity index is 2.15. The second-order valence-corrected chi connectivity index (χ2v) is 6.10. The molecule has 102 valence electrons. The second-order valence-electron chi connectivity index (χ2n) is 4.70. The number of epoxide rings is 1. The monoisotopic (exact) mass is 262 g/mol. The third-order valence-electron chi connectivity index (χ3n) is 3.59. The molecule has 17 heavy (non-hydrogen) atoms. The van der Waals surface area contributed by atoms with Gasteiger partial charge >= 0.3 is 0 Å². The van der Waals surface area contributed by atoms with E-state index in [0.717, 1.165) is 49.3 Å². The van der Waals surface area contributed by atoms with Crippen molar-refractivity contribution >= 4 is 10.2 Å². The average Bonchev–Trinajstić information content (AvgIpc) is 3.17.